The van der Waals surface area contributed by atoms with Gasteiger partial charge < -0.3 is 9.30 Å². The van der Waals surface area contributed by atoms with E-state index in [4.69, 9.17) is 28.6 Å². The number of nitrogens with zero attached hydrogens (tertiary/aromatic N) is 3. The summed E-state index contributed by atoms with van der Waals surface area (Å²) in [4.78, 5) is 4.32. The Balaban J connectivity index is 2.13. The number of aromatic amines is 1. The molecular formula is C15H19ClN4OS. The van der Waals surface area contributed by atoms with Crippen LogP contribution in [0.5, 0.6) is 0 Å². The Labute approximate surface area is 139 Å². The summed E-state index contributed by atoms with van der Waals surface area (Å²) in [5.41, 5.74) is 1.81. The fourth-order valence-electron chi connectivity index (χ4n) is 3.50. The van der Waals surface area contributed by atoms with E-state index in [0.29, 0.717) is 22.4 Å². The number of nitrogens with one attached hydrogen (secondary N) is 1. The molecule has 2 aromatic rings. The molecule has 2 aromatic heterocycles. The highest BCUT2D eigenvalue weighted by Crippen LogP contribution is 2.51. The fourth-order valence-corrected chi connectivity index (χ4v) is 3.86. The highest BCUT2D eigenvalue weighted by molar-refractivity contribution is 7.71. The summed E-state index contributed by atoms with van der Waals surface area (Å²) in [5.74, 6) is 1.60. The third kappa shape index (κ3) is 2.49. The molecule has 0 amide bonds. The van der Waals surface area contributed by atoms with E-state index >= 15 is 0 Å². The molecule has 0 bridgehead atoms. The molecule has 3 rings (SSSR count). The van der Waals surface area contributed by atoms with Crippen LogP contribution in [0, 0.1) is 10.7 Å². The highest BCUT2D eigenvalue weighted by atomic mass is 35.5. The maximum absolute atomic E-state index is 6.22. The van der Waals surface area contributed by atoms with Crippen LogP contribution in [0.15, 0.2) is 12.1 Å². The van der Waals surface area contributed by atoms with Crippen molar-refractivity contribution in [2.45, 2.75) is 31.8 Å². The maximum Gasteiger partial charge on any atom is 0.194 e. The van der Waals surface area contributed by atoms with Gasteiger partial charge in [-0.15, -0.1) is 0 Å². The number of hydrogen-bond donors (Lipinski definition) is 1. The average molecular weight is 339 g/mol. The van der Waals surface area contributed by atoms with Gasteiger partial charge in [0.05, 0.1) is 17.7 Å². The van der Waals surface area contributed by atoms with E-state index in [1.165, 1.54) is 0 Å². The van der Waals surface area contributed by atoms with Gasteiger partial charge in [0.15, 0.2) is 4.77 Å². The van der Waals surface area contributed by atoms with E-state index in [-0.39, 0.29) is 5.41 Å². The summed E-state index contributed by atoms with van der Waals surface area (Å²) < 4.78 is 7.77. The van der Waals surface area contributed by atoms with Gasteiger partial charge in [0.1, 0.15) is 11.0 Å². The first kappa shape index (κ1) is 15.6. The van der Waals surface area contributed by atoms with Crippen molar-refractivity contribution in [3.8, 4) is 0 Å². The summed E-state index contributed by atoms with van der Waals surface area (Å²) in [6.45, 7) is 2.69. The minimum atomic E-state index is -0.156. The molecule has 1 aliphatic rings. The smallest absolute Gasteiger partial charge is 0.194 e. The number of pyridine rings is 1. The van der Waals surface area contributed by atoms with Crippen molar-refractivity contribution >= 4 is 23.8 Å². The summed E-state index contributed by atoms with van der Waals surface area (Å²) in [7, 11) is 3.60. The Morgan fingerprint density at radius 2 is 2.23 bits per heavy atom. The largest absolute Gasteiger partial charge is 0.378 e. The normalized spacial score (nSPS) is 24.3. The molecule has 1 fully saturated rings. The molecular weight excluding hydrogens is 320 g/mol. The second-order valence-electron chi connectivity index (χ2n) is 6.11. The number of rotatable bonds is 4. The van der Waals surface area contributed by atoms with Gasteiger partial charge in [-0.05, 0) is 48.7 Å². The monoisotopic (exact) mass is 338 g/mol. The fraction of sp³-hybridized carbons (Fsp3) is 0.533. The van der Waals surface area contributed by atoms with Gasteiger partial charge >= 0.3 is 0 Å². The van der Waals surface area contributed by atoms with Crippen LogP contribution < -0.4 is 0 Å². The van der Waals surface area contributed by atoms with Gasteiger partial charge in [0.2, 0.25) is 0 Å². The minimum absolute atomic E-state index is 0.156. The van der Waals surface area contributed by atoms with Crippen molar-refractivity contribution in [2.24, 2.45) is 13.0 Å². The van der Waals surface area contributed by atoms with Crippen LogP contribution in [0.2, 0.25) is 5.15 Å². The zero-order chi connectivity index (χ0) is 15.9. The van der Waals surface area contributed by atoms with Crippen molar-refractivity contribution in [2.75, 3.05) is 7.11 Å². The lowest BCUT2D eigenvalue weighted by atomic mass is 9.58. The molecule has 5 nitrogen and oxygen atoms in total. The second kappa shape index (κ2) is 5.76. The van der Waals surface area contributed by atoms with Gasteiger partial charge in [0, 0.05) is 14.2 Å². The molecule has 1 saturated carbocycles. The standard InChI is InChI=1S/C15H19ClN4OS/c1-9-6-15(7-9,13-18-19-14(22)20(13)2)10-4-11(8-21-3)17-12(16)5-10/h4-5,9H,6-8H2,1-3H3,(H,19,22). The molecule has 0 atom stereocenters. The predicted molar refractivity (Wildman–Crippen MR) is 87.5 cm³/mol. The van der Waals surface area contributed by atoms with Crippen LogP contribution in [-0.4, -0.2) is 26.9 Å². The number of ether oxygens (including phenoxy) is 1. The summed E-state index contributed by atoms with van der Waals surface area (Å²) in [6, 6.07) is 4.00. The van der Waals surface area contributed by atoms with Crippen molar-refractivity contribution in [3.05, 3.63) is 39.1 Å². The second-order valence-corrected chi connectivity index (χ2v) is 6.88. The molecule has 0 aromatic carbocycles. The van der Waals surface area contributed by atoms with Crippen LogP contribution in [0.3, 0.4) is 0 Å². The Morgan fingerprint density at radius 3 is 2.77 bits per heavy atom. The first-order valence-electron chi connectivity index (χ1n) is 7.24. The van der Waals surface area contributed by atoms with Gasteiger partial charge in [-0.3, -0.25) is 5.10 Å². The van der Waals surface area contributed by atoms with Gasteiger partial charge in [-0.2, -0.15) is 5.10 Å². The number of aromatic nitrogens is 4. The quantitative estimate of drug-likeness (QED) is 0.685. The number of H-pyrrole nitrogens is 1. The minimum Gasteiger partial charge on any atom is -0.378 e. The van der Waals surface area contributed by atoms with Crippen LogP contribution in [-0.2, 0) is 23.8 Å². The van der Waals surface area contributed by atoms with E-state index in [9.17, 15) is 0 Å². The molecule has 0 aliphatic heterocycles. The molecule has 7 heteroatoms. The Bertz CT molecular complexity index is 748. The summed E-state index contributed by atoms with van der Waals surface area (Å²) >= 11 is 11.5. The molecule has 0 saturated heterocycles. The molecule has 0 unspecified atom stereocenters. The molecule has 0 radical (unpaired) electrons. The molecule has 2 heterocycles. The lowest BCUT2D eigenvalue weighted by molar-refractivity contribution is 0.176. The average Bonchev–Trinajstić information content (AvgIpc) is 2.75. The number of hydrogen-bond acceptors (Lipinski definition) is 4. The lowest BCUT2D eigenvalue weighted by Gasteiger charge is -2.46. The Kier molecular flexibility index (Phi) is 4.09. The van der Waals surface area contributed by atoms with E-state index in [0.717, 1.165) is 29.9 Å². The summed E-state index contributed by atoms with van der Waals surface area (Å²) in [5, 5.41) is 7.86. The SMILES string of the molecule is COCc1cc(C2(c3n[nH]c(=S)n3C)CC(C)C2)cc(Cl)n1. The summed E-state index contributed by atoms with van der Waals surface area (Å²) in [6.07, 6.45) is 2.04. The first-order valence-corrected chi connectivity index (χ1v) is 8.02. The van der Waals surface area contributed by atoms with Crippen molar-refractivity contribution in [1.82, 2.24) is 19.7 Å². The van der Waals surface area contributed by atoms with E-state index < -0.39 is 0 Å². The third-order valence-electron chi connectivity index (χ3n) is 4.39. The van der Waals surface area contributed by atoms with Gasteiger partial charge in [0.25, 0.3) is 0 Å². The van der Waals surface area contributed by atoms with Crippen LogP contribution in [0.4, 0.5) is 0 Å². The predicted octanol–water partition coefficient (Wildman–Crippen LogP) is 3.39. The maximum atomic E-state index is 6.22. The van der Waals surface area contributed by atoms with Gasteiger partial charge in [-0.1, -0.05) is 18.5 Å². The van der Waals surface area contributed by atoms with Crippen molar-refractivity contribution in [1.29, 1.82) is 0 Å². The molecule has 1 aliphatic carbocycles. The zero-order valence-corrected chi connectivity index (χ0v) is 14.5. The highest BCUT2D eigenvalue weighted by Gasteiger charge is 2.48. The Hall–Kier alpha value is -1.24. The van der Waals surface area contributed by atoms with E-state index in [1.807, 2.05) is 17.7 Å². The van der Waals surface area contributed by atoms with Crippen LogP contribution >= 0.6 is 23.8 Å². The molecule has 0 spiro atoms. The molecule has 1 N–H and O–H groups in total. The van der Waals surface area contributed by atoms with Crippen molar-refractivity contribution in [3.63, 3.8) is 0 Å². The van der Waals surface area contributed by atoms with E-state index in [2.05, 4.69) is 28.2 Å². The number of halogens is 1. The Morgan fingerprint density at radius 1 is 1.50 bits per heavy atom. The lowest BCUT2D eigenvalue weighted by Crippen LogP contribution is -2.43. The topological polar surface area (TPSA) is 55.7 Å². The molecule has 22 heavy (non-hydrogen) atoms. The number of methoxy groups -OCH3 is 1. The van der Waals surface area contributed by atoms with Crippen molar-refractivity contribution < 1.29 is 4.74 Å². The first-order chi connectivity index (χ1) is 10.5. The zero-order valence-electron chi connectivity index (χ0n) is 12.9. The van der Waals surface area contributed by atoms with Crippen LogP contribution in [0.25, 0.3) is 0 Å². The van der Waals surface area contributed by atoms with Gasteiger partial charge in [-0.25, -0.2) is 4.98 Å². The van der Waals surface area contributed by atoms with Crippen LogP contribution in [0.1, 0.15) is 36.8 Å². The third-order valence-corrected chi connectivity index (χ3v) is 4.95. The molecule has 118 valence electrons. The van der Waals surface area contributed by atoms with E-state index in [1.54, 1.807) is 7.11 Å².